The molecule has 8 nitrogen and oxygen atoms in total. The van der Waals surface area contributed by atoms with Crippen molar-refractivity contribution in [1.29, 1.82) is 0 Å². The van der Waals surface area contributed by atoms with Crippen LogP contribution in [-0.2, 0) is 0 Å². The second kappa shape index (κ2) is 11.4. The van der Waals surface area contributed by atoms with Crippen molar-refractivity contribution in [3.05, 3.63) is 17.7 Å². The first kappa shape index (κ1) is 22.7. The molecule has 168 valence electrons. The van der Waals surface area contributed by atoms with Crippen LogP contribution in [0.25, 0.3) is 0 Å². The van der Waals surface area contributed by atoms with E-state index in [4.69, 9.17) is 14.6 Å². The smallest absolute Gasteiger partial charge is 0.255 e. The standard InChI is InChI=1S/C22H35N3O5/c1-2-6-23-17-12-18(21-20(13-17)29-10-4-11-30-21)22(28)24-14-16-5-8-25(7-3-9-26)15-19(16)27/h12-13,16,19,23,26-27H,2-11,14-15H2,1H3,(H,24,28)/t16-,19?/m0/s1. The first-order valence-corrected chi connectivity index (χ1v) is 11.1. The number of amides is 1. The van der Waals surface area contributed by atoms with Crippen molar-refractivity contribution in [2.75, 3.05) is 57.9 Å². The Labute approximate surface area is 178 Å². The maximum absolute atomic E-state index is 13.0. The number of nitrogens with zero attached hydrogens (tertiary/aromatic N) is 1. The largest absolute Gasteiger partial charge is 0.489 e. The fraction of sp³-hybridized carbons (Fsp3) is 0.682. The summed E-state index contributed by atoms with van der Waals surface area (Å²) in [5.74, 6) is 0.880. The van der Waals surface area contributed by atoms with Gasteiger partial charge < -0.3 is 35.2 Å². The molecule has 0 bridgehead atoms. The van der Waals surface area contributed by atoms with E-state index in [1.807, 2.05) is 12.1 Å². The molecule has 0 radical (unpaired) electrons. The van der Waals surface area contributed by atoms with Crippen LogP contribution in [0.15, 0.2) is 12.1 Å². The number of anilines is 1. The van der Waals surface area contributed by atoms with Gasteiger partial charge in [-0.15, -0.1) is 0 Å². The second-order valence-electron chi connectivity index (χ2n) is 8.03. The highest BCUT2D eigenvalue weighted by Crippen LogP contribution is 2.36. The monoisotopic (exact) mass is 421 g/mol. The Balaban J connectivity index is 1.64. The van der Waals surface area contributed by atoms with Crippen LogP contribution in [0.1, 0.15) is 43.0 Å². The van der Waals surface area contributed by atoms with E-state index in [1.165, 1.54) is 0 Å². The number of aliphatic hydroxyl groups is 2. The van der Waals surface area contributed by atoms with Gasteiger partial charge in [0.05, 0.1) is 24.9 Å². The van der Waals surface area contributed by atoms with E-state index in [0.717, 1.165) is 44.6 Å². The Morgan fingerprint density at radius 3 is 2.90 bits per heavy atom. The van der Waals surface area contributed by atoms with Gasteiger partial charge in [-0.1, -0.05) is 6.92 Å². The number of ether oxygens (including phenoxy) is 2. The highest BCUT2D eigenvalue weighted by molar-refractivity contribution is 5.99. The molecule has 0 aromatic heterocycles. The molecule has 1 aromatic rings. The Hall–Kier alpha value is -2.03. The average Bonchev–Trinajstić information content (AvgIpc) is 3.00. The molecular formula is C22H35N3O5. The zero-order chi connectivity index (χ0) is 21.3. The normalized spacial score (nSPS) is 21.7. The van der Waals surface area contributed by atoms with Crippen LogP contribution < -0.4 is 20.1 Å². The van der Waals surface area contributed by atoms with Crippen molar-refractivity contribution in [3.8, 4) is 11.5 Å². The second-order valence-corrected chi connectivity index (χ2v) is 8.03. The molecular weight excluding hydrogens is 386 g/mol. The summed E-state index contributed by atoms with van der Waals surface area (Å²) in [5, 5.41) is 25.8. The van der Waals surface area contributed by atoms with Crippen LogP contribution in [0.5, 0.6) is 11.5 Å². The maximum Gasteiger partial charge on any atom is 0.255 e. The van der Waals surface area contributed by atoms with E-state index in [1.54, 1.807) is 0 Å². The fourth-order valence-corrected chi connectivity index (χ4v) is 3.91. The van der Waals surface area contributed by atoms with E-state index >= 15 is 0 Å². The predicted octanol–water partition coefficient (Wildman–Crippen LogP) is 1.46. The minimum absolute atomic E-state index is 0.0106. The number of carbonyl (C=O) groups excluding carboxylic acids is 1. The van der Waals surface area contributed by atoms with Crippen molar-refractivity contribution >= 4 is 11.6 Å². The molecule has 2 aliphatic rings. The number of benzene rings is 1. The number of β-amino-alcohol motifs (C(OH)–C–C–N with tert-alkyl or cyclic N) is 1. The lowest BCUT2D eigenvalue weighted by Gasteiger charge is -2.36. The molecule has 2 aliphatic heterocycles. The number of nitrogens with one attached hydrogen (secondary N) is 2. The molecule has 1 saturated heterocycles. The first-order chi connectivity index (χ1) is 14.6. The number of hydrogen-bond donors (Lipinski definition) is 4. The van der Waals surface area contributed by atoms with Gasteiger partial charge in [-0.05, 0) is 31.9 Å². The van der Waals surface area contributed by atoms with Crippen molar-refractivity contribution in [1.82, 2.24) is 10.2 Å². The lowest BCUT2D eigenvalue weighted by atomic mass is 9.93. The molecule has 1 unspecified atom stereocenters. The molecule has 0 aliphatic carbocycles. The lowest BCUT2D eigenvalue weighted by Crippen LogP contribution is -2.48. The van der Waals surface area contributed by atoms with Gasteiger partial charge in [0.15, 0.2) is 11.5 Å². The molecule has 2 heterocycles. The number of likely N-dealkylation sites (tertiary alicyclic amines) is 1. The third-order valence-corrected chi connectivity index (χ3v) is 5.63. The summed E-state index contributed by atoms with van der Waals surface area (Å²) >= 11 is 0. The molecule has 1 amide bonds. The van der Waals surface area contributed by atoms with Crippen molar-refractivity contribution in [2.24, 2.45) is 5.92 Å². The van der Waals surface area contributed by atoms with Gasteiger partial charge in [-0.25, -0.2) is 0 Å². The summed E-state index contributed by atoms with van der Waals surface area (Å²) in [6, 6.07) is 3.70. The molecule has 1 fully saturated rings. The van der Waals surface area contributed by atoms with E-state index in [9.17, 15) is 9.90 Å². The van der Waals surface area contributed by atoms with E-state index in [0.29, 0.717) is 49.8 Å². The first-order valence-electron chi connectivity index (χ1n) is 11.1. The van der Waals surface area contributed by atoms with Crippen molar-refractivity contribution in [2.45, 2.75) is 38.7 Å². The topological polar surface area (TPSA) is 103 Å². The number of rotatable bonds is 9. The van der Waals surface area contributed by atoms with Gasteiger partial charge in [-0.3, -0.25) is 4.79 Å². The Kier molecular flexibility index (Phi) is 8.60. The summed E-state index contributed by atoms with van der Waals surface area (Å²) in [4.78, 5) is 15.2. The molecule has 1 aromatic carbocycles. The average molecular weight is 422 g/mol. The maximum atomic E-state index is 13.0. The summed E-state index contributed by atoms with van der Waals surface area (Å²) in [6.45, 7) is 6.76. The summed E-state index contributed by atoms with van der Waals surface area (Å²) in [6.07, 6.45) is 2.78. The van der Waals surface area contributed by atoms with Crippen LogP contribution in [0.2, 0.25) is 0 Å². The van der Waals surface area contributed by atoms with Crippen LogP contribution in [0.3, 0.4) is 0 Å². The minimum Gasteiger partial charge on any atom is -0.489 e. The Morgan fingerprint density at radius 2 is 2.13 bits per heavy atom. The number of fused-ring (bicyclic) bond motifs is 1. The molecule has 0 spiro atoms. The van der Waals surface area contributed by atoms with E-state index in [-0.39, 0.29) is 18.4 Å². The highest BCUT2D eigenvalue weighted by atomic mass is 16.5. The van der Waals surface area contributed by atoms with Crippen molar-refractivity contribution in [3.63, 3.8) is 0 Å². The van der Waals surface area contributed by atoms with Gasteiger partial charge in [0.1, 0.15) is 0 Å². The Bertz CT molecular complexity index is 700. The van der Waals surface area contributed by atoms with Gasteiger partial charge in [-0.2, -0.15) is 0 Å². The zero-order valence-electron chi connectivity index (χ0n) is 17.9. The summed E-state index contributed by atoms with van der Waals surface area (Å²) < 4.78 is 11.6. The van der Waals surface area contributed by atoms with Crippen LogP contribution in [0, 0.1) is 5.92 Å². The van der Waals surface area contributed by atoms with E-state index in [2.05, 4.69) is 22.5 Å². The Morgan fingerprint density at radius 1 is 1.30 bits per heavy atom. The zero-order valence-corrected chi connectivity index (χ0v) is 17.9. The minimum atomic E-state index is -0.494. The number of piperidine rings is 1. The quantitative estimate of drug-likeness (QED) is 0.479. The third kappa shape index (κ3) is 6.00. The van der Waals surface area contributed by atoms with Crippen molar-refractivity contribution < 1.29 is 24.5 Å². The summed E-state index contributed by atoms with van der Waals surface area (Å²) in [5.41, 5.74) is 1.30. The highest BCUT2D eigenvalue weighted by Gasteiger charge is 2.28. The van der Waals surface area contributed by atoms with Gasteiger partial charge in [0, 0.05) is 56.9 Å². The van der Waals surface area contributed by atoms with Gasteiger partial charge in [0.25, 0.3) is 5.91 Å². The van der Waals surface area contributed by atoms with E-state index < -0.39 is 6.10 Å². The molecule has 0 saturated carbocycles. The van der Waals surface area contributed by atoms with Gasteiger partial charge >= 0.3 is 0 Å². The van der Waals surface area contributed by atoms with Crippen LogP contribution in [0.4, 0.5) is 5.69 Å². The van der Waals surface area contributed by atoms with Crippen LogP contribution in [-0.4, -0.2) is 79.7 Å². The number of hydrogen-bond acceptors (Lipinski definition) is 7. The van der Waals surface area contributed by atoms with Crippen LogP contribution >= 0.6 is 0 Å². The number of carbonyl (C=O) groups is 1. The predicted molar refractivity (Wildman–Crippen MR) is 115 cm³/mol. The third-order valence-electron chi connectivity index (χ3n) is 5.63. The molecule has 30 heavy (non-hydrogen) atoms. The molecule has 2 atom stereocenters. The lowest BCUT2D eigenvalue weighted by molar-refractivity contribution is 0.0201. The fourth-order valence-electron chi connectivity index (χ4n) is 3.91. The molecule has 3 rings (SSSR count). The SMILES string of the molecule is CCCNc1cc2c(c(C(=O)NC[C@@H]3CCN(CCCO)CC3O)c1)OCCCO2. The molecule has 8 heteroatoms. The van der Waals surface area contributed by atoms with Gasteiger partial charge in [0.2, 0.25) is 0 Å². The summed E-state index contributed by atoms with van der Waals surface area (Å²) in [7, 11) is 0. The molecule has 4 N–H and O–H groups in total. The number of aliphatic hydroxyl groups excluding tert-OH is 2.